The summed E-state index contributed by atoms with van der Waals surface area (Å²) in [6, 6.07) is 0. The van der Waals surface area contributed by atoms with Gasteiger partial charge in [0.1, 0.15) is 12.0 Å². The standard InChI is InChI=1S/C24H39NO4/c1-22-11-7-12-23(2,28-3)24(22,27)14-18-19(21(26)29-20(18)15-22)16-25-13-10-17-8-5-4-6-9-17/h8,18-20,25,27H,4-7,9-16H2,1-3H3/p+1/t18-,19-,20-,22-,23-,24+/m1/s1. The largest absolute Gasteiger partial charge is 0.462 e. The Bertz CT molecular complexity index is 663. The molecule has 2 saturated carbocycles. The topological polar surface area (TPSA) is 72.4 Å². The summed E-state index contributed by atoms with van der Waals surface area (Å²) in [5.41, 5.74) is -0.144. The molecule has 0 aromatic rings. The summed E-state index contributed by atoms with van der Waals surface area (Å²) in [5, 5.41) is 14.2. The molecule has 0 amide bonds. The summed E-state index contributed by atoms with van der Waals surface area (Å²) in [4.78, 5) is 12.7. The van der Waals surface area contributed by atoms with Gasteiger partial charge in [0.05, 0.1) is 24.3 Å². The highest BCUT2D eigenvalue weighted by molar-refractivity contribution is 5.75. The first-order valence-electron chi connectivity index (χ1n) is 11.8. The fourth-order valence-electron chi connectivity index (χ4n) is 6.87. The fraction of sp³-hybridized carbons (Fsp3) is 0.875. The van der Waals surface area contributed by atoms with Crippen LogP contribution in [0, 0.1) is 17.3 Å². The molecular weight excluding hydrogens is 366 g/mol. The van der Waals surface area contributed by atoms with Gasteiger partial charge >= 0.3 is 5.97 Å². The molecule has 3 fully saturated rings. The first kappa shape index (κ1) is 21.3. The third kappa shape index (κ3) is 3.57. The van der Waals surface area contributed by atoms with E-state index in [1.165, 1.54) is 25.7 Å². The zero-order valence-corrected chi connectivity index (χ0v) is 18.5. The van der Waals surface area contributed by atoms with Crippen molar-refractivity contribution in [1.82, 2.24) is 0 Å². The van der Waals surface area contributed by atoms with Crippen molar-refractivity contribution in [2.45, 2.75) is 95.4 Å². The van der Waals surface area contributed by atoms with Gasteiger partial charge in [0.2, 0.25) is 0 Å². The van der Waals surface area contributed by atoms with Crippen molar-refractivity contribution >= 4 is 5.97 Å². The minimum atomic E-state index is -0.909. The number of carbonyl (C=O) groups is 1. The molecular formula is C24H40NO4+. The van der Waals surface area contributed by atoms with Gasteiger partial charge in [0.25, 0.3) is 0 Å². The molecule has 4 rings (SSSR count). The molecule has 0 bridgehead atoms. The number of rotatable bonds is 6. The van der Waals surface area contributed by atoms with E-state index in [2.05, 4.69) is 25.2 Å². The minimum absolute atomic E-state index is 0.0496. The van der Waals surface area contributed by atoms with E-state index in [0.29, 0.717) is 6.42 Å². The molecule has 1 heterocycles. The Morgan fingerprint density at radius 3 is 2.79 bits per heavy atom. The van der Waals surface area contributed by atoms with E-state index < -0.39 is 11.2 Å². The molecule has 0 radical (unpaired) electrons. The molecule has 29 heavy (non-hydrogen) atoms. The van der Waals surface area contributed by atoms with E-state index in [1.807, 2.05) is 0 Å². The number of allylic oxidation sites excluding steroid dienone is 1. The third-order valence-electron chi connectivity index (χ3n) is 8.93. The number of fused-ring (bicyclic) bond motifs is 2. The Kier molecular flexibility index (Phi) is 5.86. The highest BCUT2D eigenvalue weighted by atomic mass is 16.6. The van der Waals surface area contributed by atoms with Gasteiger partial charge in [-0.3, -0.25) is 4.79 Å². The predicted molar refractivity (Wildman–Crippen MR) is 111 cm³/mol. The Morgan fingerprint density at radius 1 is 1.24 bits per heavy atom. The van der Waals surface area contributed by atoms with Gasteiger partial charge in [0, 0.05) is 24.9 Å². The van der Waals surface area contributed by atoms with E-state index in [-0.39, 0.29) is 29.3 Å². The van der Waals surface area contributed by atoms with Crippen molar-refractivity contribution in [3.8, 4) is 0 Å². The molecule has 3 N–H and O–H groups in total. The maximum Gasteiger partial charge on any atom is 0.315 e. The molecule has 164 valence electrons. The van der Waals surface area contributed by atoms with Crippen LogP contribution in [0.2, 0.25) is 0 Å². The van der Waals surface area contributed by atoms with Crippen LogP contribution < -0.4 is 5.32 Å². The maximum atomic E-state index is 12.7. The molecule has 5 nitrogen and oxygen atoms in total. The molecule has 0 spiro atoms. The van der Waals surface area contributed by atoms with Crippen LogP contribution in [-0.2, 0) is 14.3 Å². The fourth-order valence-corrected chi connectivity index (χ4v) is 6.87. The van der Waals surface area contributed by atoms with Crippen LogP contribution in [-0.4, -0.2) is 48.6 Å². The summed E-state index contributed by atoms with van der Waals surface area (Å²) in [6.07, 6.45) is 12.8. The van der Waals surface area contributed by atoms with Gasteiger partial charge in [-0.05, 0) is 64.7 Å². The molecule has 0 aromatic carbocycles. The maximum absolute atomic E-state index is 12.7. The summed E-state index contributed by atoms with van der Waals surface area (Å²) < 4.78 is 11.8. The van der Waals surface area contributed by atoms with E-state index in [1.54, 1.807) is 12.7 Å². The van der Waals surface area contributed by atoms with Crippen LogP contribution in [0.25, 0.3) is 0 Å². The summed E-state index contributed by atoms with van der Waals surface area (Å²) in [5.74, 6) is -0.0756. The highest BCUT2D eigenvalue weighted by Crippen LogP contribution is 2.61. The molecule has 3 aliphatic carbocycles. The number of hydrogen-bond acceptors (Lipinski definition) is 4. The molecule has 1 aliphatic heterocycles. The molecule has 0 aromatic heterocycles. The van der Waals surface area contributed by atoms with Gasteiger partial charge in [-0.15, -0.1) is 0 Å². The molecule has 1 saturated heterocycles. The highest BCUT2D eigenvalue weighted by Gasteiger charge is 2.67. The van der Waals surface area contributed by atoms with Crippen molar-refractivity contribution in [1.29, 1.82) is 0 Å². The Balaban J connectivity index is 1.42. The molecule has 0 unspecified atom stereocenters. The van der Waals surface area contributed by atoms with Gasteiger partial charge < -0.3 is 19.9 Å². The van der Waals surface area contributed by atoms with Gasteiger partial charge in [0.15, 0.2) is 0 Å². The van der Waals surface area contributed by atoms with E-state index in [0.717, 1.165) is 45.2 Å². The summed E-state index contributed by atoms with van der Waals surface area (Å²) in [6.45, 7) is 6.03. The van der Waals surface area contributed by atoms with Crippen molar-refractivity contribution in [3.63, 3.8) is 0 Å². The van der Waals surface area contributed by atoms with E-state index in [4.69, 9.17) is 9.47 Å². The van der Waals surface area contributed by atoms with Crippen molar-refractivity contribution < 1.29 is 24.7 Å². The Morgan fingerprint density at radius 2 is 2.07 bits per heavy atom. The second-order valence-corrected chi connectivity index (χ2v) is 10.5. The van der Waals surface area contributed by atoms with Gasteiger partial charge in [-0.1, -0.05) is 18.6 Å². The number of ether oxygens (including phenoxy) is 2. The molecule has 6 atom stereocenters. The van der Waals surface area contributed by atoms with Crippen LogP contribution >= 0.6 is 0 Å². The lowest BCUT2D eigenvalue weighted by molar-refractivity contribution is -0.658. The van der Waals surface area contributed by atoms with Crippen LogP contribution in [0.15, 0.2) is 11.6 Å². The first-order chi connectivity index (χ1) is 13.8. The van der Waals surface area contributed by atoms with Crippen molar-refractivity contribution in [3.05, 3.63) is 11.6 Å². The number of hydrogen-bond donors (Lipinski definition) is 2. The smallest absolute Gasteiger partial charge is 0.315 e. The number of carbonyl (C=O) groups excluding carboxylic acids is 1. The normalized spacial score (nSPS) is 44.6. The minimum Gasteiger partial charge on any atom is -0.462 e. The third-order valence-corrected chi connectivity index (χ3v) is 8.93. The number of aliphatic hydroxyl groups is 1. The average Bonchev–Trinajstić information content (AvgIpc) is 2.99. The summed E-state index contributed by atoms with van der Waals surface area (Å²) in [7, 11) is 1.72. The van der Waals surface area contributed by atoms with Gasteiger partial charge in [-0.2, -0.15) is 0 Å². The lowest BCUT2D eigenvalue weighted by atomic mass is 9.49. The lowest BCUT2D eigenvalue weighted by Crippen LogP contribution is -2.86. The second-order valence-electron chi connectivity index (χ2n) is 10.5. The molecule has 5 heteroatoms. The van der Waals surface area contributed by atoms with Crippen molar-refractivity contribution in [2.24, 2.45) is 17.3 Å². The van der Waals surface area contributed by atoms with Crippen molar-refractivity contribution in [2.75, 3.05) is 20.2 Å². The zero-order valence-electron chi connectivity index (χ0n) is 18.5. The van der Waals surface area contributed by atoms with Crippen LogP contribution in [0.4, 0.5) is 0 Å². The number of esters is 1. The monoisotopic (exact) mass is 406 g/mol. The predicted octanol–water partition coefficient (Wildman–Crippen LogP) is 2.72. The average molecular weight is 407 g/mol. The van der Waals surface area contributed by atoms with E-state index in [9.17, 15) is 9.90 Å². The number of methoxy groups -OCH3 is 1. The van der Waals surface area contributed by atoms with Crippen LogP contribution in [0.5, 0.6) is 0 Å². The SMILES string of the molecule is CO[C@]1(C)CCC[C@]2(C)C[C@H]3OC(=O)[C@H](C[NH2+]CCC4=CCCCC4)[C@H]3C[C@]21O. The second kappa shape index (κ2) is 7.97. The quantitative estimate of drug-likeness (QED) is 0.404. The van der Waals surface area contributed by atoms with Gasteiger partial charge in [-0.25, -0.2) is 0 Å². The number of quaternary nitrogens is 1. The lowest BCUT2D eigenvalue weighted by Gasteiger charge is -2.61. The Labute approximate surface area is 175 Å². The molecule has 4 aliphatic rings. The first-order valence-corrected chi connectivity index (χ1v) is 11.8. The summed E-state index contributed by atoms with van der Waals surface area (Å²) >= 11 is 0. The Hall–Kier alpha value is -0.910. The van der Waals surface area contributed by atoms with Crippen LogP contribution in [0.3, 0.4) is 0 Å². The number of nitrogens with two attached hydrogens (primary N) is 1. The van der Waals surface area contributed by atoms with E-state index >= 15 is 0 Å². The van der Waals surface area contributed by atoms with Crippen LogP contribution in [0.1, 0.15) is 78.1 Å². The zero-order chi connectivity index (χ0) is 20.7.